The Bertz CT molecular complexity index is 554. The van der Waals surface area contributed by atoms with Crippen LogP contribution in [0.1, 0.15) is 5.56 Å². The number of aromatic nitrogens is 4. The van der Waals surface area contributed by atoms with Gasteiger partial charge in [-0.1, -0.05) is 23.1 Å². The van der Waals surface area contributed by atoms with Crippen molar-refractivity contribution in [1.29, 1.82) is 0 Å². The predicted octanol–water partition coefficient (Wildman–Crippen LogP) is 1.33. The number of aryl methyl sites for hydroxylation is 1. The third-order valence-electron chi connectivity index (χ3n) is 2.11. The maximum Gasteiger partial charge on any atom is 0.313 e. The quantitative estimate of drug-likeness (QED) is 0.745. The molecule has 102 valence electrons. The number of aliphatic carboxylic acids is 1. The summed E-state index contributed by atoms with van der Waals surface area (Å²) >= 11 is 2.52. The number of carboxylic acids is 1. The Morgan fingerprint density at radius 3 is 3.11 bits per heavy atom. The standard InChI is InChI=1S/C10H13N5O2S2/c1-7-4-12-15(5-7)3-2-11-9-13-14-10(19-9)18-6-8(16)17/h4-5H,2-3,6H2,1H3,(H,11,13)(H,16,17). The molecule has 2 rings (SSSR count). The molecule has 0 aliphatic rings. The van der Waals surface area contributed by atoms with E-state index in [1.54, 1.807) is 0 Å². The summed E-state index contributed by atoms with van der Waals surface area (Å²) in [5.41, 5.74) is 1.13. The molecule has 0 radical (unpaired) electrons. The SMILES string of the molecule is Cc1cnn(CCNc2nnc(SCC(=O)O)s2)c1. The summed E-state index contributed by atoms with van der Waals surface area (Å²) in [4.78, 5) is 10.4. The van der Waals surface area contributed by atoms with Crippen molar-refractivity contribution in [3.8, 4) is 0 Å². The fourth-order valence-electron chi connectivity index (χ4n) is 1.33. The van der Waals surface area contributed by atoms with Crippen molar-refractivity contribution in [1.82, 2.24) is 20.0 Å². The first kappa shape index (κ1) is 13.8. The van der Waals surface area contributed by atoms with E-state index < -0.39 is 5.97 Å². The summed E-state index contributed by atoms with van der Waals surface area (Å²) in [7, 11) is 0. The second-order valence-corrected chi connectivity index (χ2v) is 5.96. The van der Waals surface area contributed by atoms with E-state index >= 15 is 0 Å². The number of hydrogen-bond donors (Lipinski definition) is 2. The molecule has 0 bridgehead atoms. The number of anilines is 1. The lowest BCUT2D eigenvalue weighted by Crippen LogP contribution is -2.10. The second kappa shape index (κ2) is 6.53. The van der Waals surface area contributed by atoms with Crippen LogP contribution in [0.3, 0.4) is 0 Å². The van der Waals surface area contributed by atoms with Crippen molar-refractivity contribution in [2.45, 2.75) is 17.8 Å². The maximum atomic E-state index is 10.4. The summed E-state index contributed by atoms with van der Waals surface area (Å²) < 4.78 is 2.50. The first-order valence-electron chi connectivity index (χ1n) is 5.54. The molecule has 0 unspecified atom stereocenters. The van der Waals surface area contributed by atoms with E-state index in [1.807, 2.05) is 24.0 Å². The van der Waals surface area contributed by atoms with Gasteiger partial charge in [0, 0.05) is 12.7 Å². The van der Waals surface area contributed by atoms with Gasteiger partial charge in [0.2, 0.25) is 5.13 Å². The Morgan fingerprint density at radius 1 is 1.58 bits per heavy atom. The van der Waals surface area contributed by atoms with Crippen molar-refractivity contribution in [3.63, 3.8) is 0 Å². The molecule has 0 amide bonds. The van der Waals surface area contributed by atoms with Crippen LogP contribution in [0, 0.1) is 6.92 Å². The number of rotatable bonds is 7. The minimum atomic E-state index is -0.858. The molecular formula is C10H13N5O2S2. The maximum absolute atomic E-state index is 10.4. The zero-order valence-corrected chi connectivity index (χ0v) is 11.9. The van der Waals surface area contributed by atoms with E-state index in [-0.39, 0.29) is 5.75 Å². The number of nitrogens with one attached hydrogen (secondary N) is 1. The molecule has 2 aromatic rings. The summed E-state index contributed by atoms with van der Waals surface area (Å²) in [5, 5.41) is 24.4. The van der Waals surface area contributed by atoms with Gasteiger partial charge in [-0.15, -0.1) is 10.2 Å². The molecule has 0 fully saturated rings. The van der Waals surface area contributed by atoms with Gasteiger partial charge in [-0.3, -0.25) is 9.48 Å². The van der Waals surface area contributed by atoms with Crippen LogP contribution in [-0.4, -0.2) is 43.4 Å². The molecule has 2 N–H and O–H groups in total. The number of hydrogen-bond acceptors (Lipinski definition) is 7. The number of carboxylic acid groups (broad SMARTS) is 1. The van der Waals surface area contributed by atoms with Crippen LogP contribution in [-0.2, 0) is 11.3 Å². The molecule has 0 saturated heterocycles. The molecule has 7 nitrogen and oxygen atoms in total. The highest BCUT2D eigenvalue weighted by Gasteiger charge is 2.06. The third kappa shape index (κ3) is 4.52. The molecule has 0 aromatic carbocycles. The Balaban J connectivity index is 1.75. The molecule has 9 heteroatoms. The lowest BCUT2D eigenvalue weighted by atomic mass is 10.4. The van der Waals surface area contributed by atoms with Gasteiger partial charge in [-0.05, 0) is 12.5 Å². The fourth-order valence-corrected chi connectivity index (χ4v) is 2.83. The van der Waals surface area contributed by atoms with E-state index in [2.05, 4.69) is 20.6 Å². The van der Waals surface area contributed by atoms with Crippen LogP contribution in [0.2, 0.25) is 0 Å². The average Bonchev–Trinajstić information content (AvgIpc) is 2.96. The fraction of sp³-hybridized carbons (Fsp3) is 0.400. The van der Waals surface area contributed by atoms with Crippen molar-refractivity contribution in [3.05, 3.63) is 18.0 Å². The molecule has 0 aliphatic heterocycles. The monoisotopic (exact) mass is 299 g/mol. The largest absolute Gasteiger partial charge is 0.481 e. The lowest BCUT2D eigenvalue weighted by Gasteiger charge is -2.01. The van der Waals surface area contributed by atoms with Crippen LogP contribution >= 0.6 is 23.1 Å². The van der Waals surface area contributed by atoms with Gasteiger partial charge in [0.1, 0.15) is 0 Å². The summed E-state index contributed by atoms with van der Waals surface area (Å²) in [6, 6.07) is 0. The Kier molecular flexibility index (Phi) is 4.74. The van der Waals surface area contributed by atoms with E-state index in [0.717, 1.165) is 12.1 Å². The van der Waals surface area contributed by atoms with E-state index in [9.17, 15) is 4.79 Å². The van der Waals surface area contributed by atoms with Gasteiger partial charge in [0.25, 0.3) is 0 Å². The molecule has 0 spiro atoms. The van der Waals surface area contributed by atoms with Crippen molar-refractivity contribution >= 4 is 34.2 Å². The third-order valence-corrected chi connectivity index (χ3v) is 4.10. The molecule has 2 heterocycles. The lowest BCUT2D eigenvalue weighted by molar-refractivity contribution is -0.133. The minimum absolute atomic E-state index is 0.00119. The van der Waals surface area contributed by atoms with Crippen molar-refractivity contribution in [2.75, 3.05) is 17.6 Å². The highest BCUT2D eigenvalue weighted by molar-refractivity contribution is 8.01. The minimum Gasteiger partial charge on any atom is -0.481 e. The topological polar surface area (TPSA) is 92.9 Å². The number of carbonyl (C=O) groups is 1. The molecule has 0 aliphatic carbocycles. The zero-order valence-electron chi connectivity index (χ0n) is 10.2. The Hall–Kier alpha value is -1.61. The van der Waals surface area contributed by atoms with Crippen LogP contribution in [0.25, 0.3) is 0 Å². The van der Waals surface area contributed by atoms with Gasteiger partial charge in [-0.25, -0.2) is 0 Å². The first-order valence-corrected chi connectivity index (χ1v) is 7.35. The molecule has 0 atom stereocenters. The number of thioether (sulfide) groups is 1. The Labute approximate surface area is 118 Å². The molecule has 19 heavy (non-hydrogen) atoms. The average molecular weight is 299 g/mol. The van der Waals surface area contributed by atoms with Crippen molar-refractivity contribution < 1.29 is 9.90 Å². The van der Waals surface area contributed by atoms with Crippen LogP contribution in [0.15, 0.2) is 16.7 Å². The second-order valence-electron chi connectivity index (χ2n) is 3.76. The van der Waals surface area contributed by atoms with Crippen LogP contribution < -0.4 is 5.32 Å². The van der Waals surface area contributed by atoms with Gasteiger partial charge < -0.3 is 10.4 Å². The van der Waals surface area contributed by atoms with Gasteiger partial charge in [0.15, 0.2) is 4.34 Å². The smallest absolute Gasteiger partial charge is 0.313 e. The van der Waals surface area contributed by atoms with Gasteiger partial charge in [-0.2, -0.15) is 5.10 Å². The molecule has 0 saturated carbocycles. The van der Waals surface area contributed by atoms with Gasteiger partial charge in [0.05, 0.1) is 18.5 Å². The Morgan fingerprint density at radius 2 is 2.42 bits per heavy atom. The van der Waals surface area contributed by atoms with Gasteiger partial charge >= 0.3 is 5.97 Å². The first-order chi connectivity index (χ1) is 9.13. The summed E-state index contributed by atoms with van der Waals surface area (Å²) in [5.74, 6) is -0.856. The predicted molar refractivity (Wildman–Crippen MR) is 73.7 cm³/mol. The van der Waals surface area contributed by atoms with Crippen LogP contribution in [0.5, 0.6) is 0 Å². The summed E-state index contributed by atoms with van der Waals surface area (Å²) in [6.45, 7) is 3.43. The number of nitrogens with zero attached hydrogens (tertiary/aromatic N) is 4. The van der Waals surface area contributed by atoms with Crippen molar-refractivity contribution in [2.24, 2.45) is 0 Å². The molecule has 2 aromatic heterocycles. The highest BCUT2D eigenvalue weighted by Crippen LogP contribution is 2.24. The van der Waals surface area contributed by atoms with E-state index in [0.29, 0.717) is 16.0 Å². The van der Waals surface area contributed by atoms with Crippen LogP contribution in [0.4, 0.5) is 5.13 Å². The molecular weight excluding hydrogens is 286 g/mol. The normalized spacial score (nSPS) is 10.6. The van der Waals surface area contributed by atoms with E-state index in [1.165, 1.54) is 23.1 Å². The van der Waals surface area contributed by atoms with E-state index in [4.69, 9.17) is 5.11 Å². The summed E-state index contributed by atoms with van der Waals surface area (Å²) in [6.07, 6.45) is 3.78. The highest BCUT2D eigenvalue weighted by atomic mass is 32.2. The zero-order chi connectivity index (χ0) is 13.7.